The van der Waals surface area contributed by atoms with E-state index in [1.807, 2.05) is 0 Å². The largest absolute Gasteiger partial charge is 0.489 e. The molecule has 2 nitrogen and oxygen atoms in total. The van der Waals surface area contributed by atoms with Crippen molar-refractivity contribution in [1.82, 2.24) is 0 Å². The Kier molecular flexibility index (Phi) is 4.35. The zero-order valence-electron chi connectivity index (χ0n) is 10.9. The first-order valence-corrected chi connectivity index (χ1v) is 6.16. The minimum Gasteiger partial charge on any atom is -0.489 e. The van der Waals surface area contributed by atoms with Gasteiger partial charge < -0.3 is 10.5 Å². The molecule has 0 spiro atoms. The number of nitrogens with two attached hydrogens (primary N) is 1. The van der Waals surface area contributed by atoms with E-state index in [1.165, 1.54) is 12.1 Å². The standard InChI is InChI=1S/C16H15F2NO/c1-2-3-11-8-14(19)6-7-16(11)20-10-12-4-5-13(17)9-15(12)18/h2,4-9H,1,3,10,19H2. The van der Waals surface area contributed by atoms with Gasteiger partial charge in [-0.25, -0.2) is 8.78 Å². The van der Waals surface area contributed by atoms with Gasteiger partial charge in [0, 0.05) is 17.3 Å². The lowest BCUT2D eigenvalue weighted by Crippen LogP contribution is -2.01. The van der Waals surface area contributed by atoms with Crippen LogP contribution in [0, 0.1) is 11.6 Å². The van der Waals surface area contributed by atoms with Gasteiger partial charge in [-0.15, -0.1) is 6.58 Å². The van der Waals surface area contributed by atoms with Crippen molar-refractivity contribution in [3.05, 3.63) is 71.8 Å². The Morgan fingerprint density at radius 2 is 1.90 bits per heavy atom. The average molecular weight is 275 g/mol. The highest BCUT2D eigenvalue weighted by Crippen LogP contribution is 2.23. The first-order valence-electron chi connectivity index (χ1n) is 6.16. The number of anilines is 1. The molecule has 20 heavy (non-hydrogen) atoms. The maximum Gasteiger partial charge on any atom is 0.132 e. The third kappa shape index (κ3) is 3.35. The maximum atomic E-state index is 13.5. The normalized spacial score (nSPS) is 10.3. The van der Waals surface area contributed by atoms with E-state index in [1.54, 1.807) is 24.3 Å². The Labute approximate surface area is 116 Å². The van der Waals surface area contributed by atoms with Gasteiger partial charge >= 0.3 is 0 Å². The SMILES string of the molecule is C=CCc1cc(N)ccc1OCc1ccc(F)cc1F. The van der Waals surface area contributed by atoms with Gasteiger partial charge in [-0.1, -0.05) is 6.08 Å². The first kappa shape index (κ1) is 14.1. The van der Waals surface area contributed by atoms with Crippen LogP contribution < -0.4 is 10.5 Å². The van der Waals surface area contributed by atoms with Gasteiger partial charge in [-0.2, -0.15) is 0 Å². The first-order chi connectivity index (χ1) is 9.60. The molecule has 2 rings (SSSR count). The average Bonchev–Trinajstić information content (AvgIpc) is 2.40. The molecule has 0 saturated heterocycles. The summed E-state index contributed by atoms with van der Waals surface area (Å²) in [6.45, 7) is 3.70. The van der Waals surface area contributed by atoms with Crippen LogP contribution in [0.25, 0.3) is 0 Å². The molecule has 0 fully saturated rings. The molecule has 0 aliphatic heterocycles. The summed E-state index contributed by atoms with van der Waals surface area (Å²) in [4.78, 5) is 0. The van der Waals surface area contributed by atoms with Crippen molar-refractivity contribution < 1.29 is 13.5 Å². The number of halogens is 2. The van der Waals surface area contributed by atoms with E-state index in [9.17, 15) is 8.78 Å². The second-order valence-corrected chi connectivity index (χ2v) is 4.38. The summed E-state index contributed by atoms with van der Waals surface area (Å²) in [5, 5.41) is 0. The fourth-order valence-corrected chi connectivity index (χ4v) is 1.85. The minimum atomic E-state index is -0.620. The number of hydrogen-bond acceptors (Lipinski definition) is 2. The van der Waals surface area contributed by atoms with Gasteiger partial charge in [0.15, 0.2) is 0 Å². The van der Waals surface area contributed by atoms with Crippen molar-refractivity contribution in [2.24, 2.45) is 0 Å². The van der Waals surface area contributed by atoms with Crippen molar-refractivity contribution in [3.8, 4) is 5.75 Å². The Hall–Kier alpha value is -2.36. The fraction of sp³-hybridized carbons (Fsp3) is 0.125. The summed E-state index contributed by atoms with van der Waals surface area (Å²) in [7, 11) is 0. The Morgan fingerprint density at radius 1 is 1.10 bits per heavy atom. The van der Waals surface area contributed by atoms with E-state index in [0.717, 1.165) is 11.6 Å². The van der Waals surface area contributed by atoms with Gasteiger partial charge in [0.25, 0.3) is 0 Å². The van der Waals surface area contributed by atoms with Crippen LogP contribution in [-0.2, 0) is 13.0 Å². The maximum absolute atomic E-state index is 13.5. The van der Waals surface area contributed by atoms with Gasteiger partial charge in [0.1, 0.15) is 24.0 Å². The topological polar surface area (TPSA) is 35.2 Å². The molecule has 0 aliphatic carbocycles. The Morgan fingerprint density at radius 3 is 2.60 bits per heavy atom. The number of rotatable bonds is 5. The molecule has 2 aromatic carbocycles. The van der Waals surface area contributed by atoms with E-state index < -0.39 is 11.6 Å². The fourth-order valence-electron chi connectivity index (χ4n) is 1.85. The highest BCUT2D eigenvalue weighted by molar-refractivity contribution is 5.48. The van der Waals surface area contributed by atoms with E-state index in [4.69, 9.17) is 10.5 Å². The summed E-state index contributed by atoms with van der Waals surface area (Å²) in [6, 6.07) is 8.65. The van der Waals surface area contributed by atoms with E-state index in [0.29, 0.717) is 23.4 Å². The Balaban J connectivity index is 2.16. The summed E-state index contributed by atoms with van der Waals surface area (Å²) >= 11 is 0. The molecule has 0 aromatic heterocycles. The molecular weight excluding hydrogens is 260 g/mol. The van der Waals surface area contributed by atoms with Gasteiger partial charge in [0.2, 0.25) is 0 Å². The predicted molar refractivity (Wildman–Crippen MR) is 75.4 cm³/mol. The molecule has 0 heterocycles. The molecule has 2 aromatic rings. The van der Waals surface area contributed by atoms with E-state index >= 15 is 0 Å². The monoisotopic (exact) mass is 275 g/mol. The molecule has 0 amide bonds. The van der Waals surface area contributed by atoms with Crippen LogP contribution in [0.5, 0.6) is 5.75 Å². The number of allylic oxidation sites excluding steroid dienone is 1. The molecule has 0 atom stereocenters. The highest BCUT2D eigenvalue weighted by atomic mass is 19.1. The van der Waals surface area contributed by atoms with E-state index in [2.05, 4.69) is 6.58 Å². The summed E-state index contributed by atoms with van der Waals surface area (Å²) in [5.41, 5.74) is 7.52. The molecule has 0 radical (unpaired) electrons. The van der Waals surface area contributed by atoms with Crippen LogP contribution in [0.15, 0.2) is 49.1 Å². The van der Waals surface area contributed by atoms with Crippen LogP contribution >= 0.6 is 0 Å². The van der Waals surface area contributed by atoms with Crippen molar-refractivity contribution in [3.63, 3.8) is 0 Å². The molecular formula is C16H15F2NO. The zero-order chi connectivity index (χ0) is 14.5. The smallest absolute Gasteiger partial charge is 0.132 e. The quantitative estimate of drug-likeness (QED) is 0.664. The summed E-state index contributed by atoms with van der Waals surface area (Å²) in [6.07, 6.45) is 2.34. The second-order valence-electron chi connectivity index (χ2n) is 4.38. The van der Waals surface area contributed by atoms with Crippen molar-refractivity contribution in [1.29, 1.82) is 0 Å². The van der Waals surface area contributed by atoms with Crippen molar-refractivity contribution in [2.75, 3.05) is 5.73 Å². The van der Waals surface area contributed by atoms with Crippen molar-refractivity contribution in [2.45, 2.75) is 13.0 Å². The molecule has 4 heteroatoms. The lowest BCUT2D eigenvalue weighted by molar-refractivity contribution is 0.297. The van der Waals surface area contributed by atoms with Gasteiger partial charge in [0.05, 0.1) is 0 Å². The lowest BCUT2D eigenvalue weighted by Gasteiger charge is -2.12. The molecule has 2 N–H and O–H groups in total. The third-order valence-corrected chi connectivity index (χ3v) is 2.85. The highest BCUT2D eigenvalue weighted by Gasteiger charge is 2.07. The van der Waals surface area contributed by atoms with Crippen LogP contribution in [0.3, 0.4) is 0 Å². The molecule has 104 valence electrons. The van der Waals surface area contributed by atoms with Crippen LogP contribution in [0.2, 0.25) is 0 Å². The number of hydrogen-bond donors (Lipinski definition) is 1. The number of ether oxygens (including phenoxy) is 1. The number of nitrogen functional groups attached to an aromatic ring is 1. The van der Waals surface area contributed by atoms with Crippen LogP contribution in [0.4, 0.5) is 14.5 Å². The molecule has 0 unspecified atom stereocenters. The zero-order valence-corrected chi connectivity index (χ0v) is 10.9. The molecule has 0 saturated carbocycles. The predicted octanol–water partition coefficient (Wildman–Crippen LogP) is 3.85. The number of benzene rings is 2. The lowest BCUT2D eigenvalue weighted by atomic mass is 10.1. The van der Waals surface area contributed by atoms with Gasteiger partial charge in [-0.05, 0) is 42.3 Å². The second kappa shape index (κ2) is 6.19. The summed E-state index contributed by atoms with van der Waals surface area (Å²) < 4.78 is 31.9. The molecule has 0 aliphatic rings. The van der Waals surface area contributed by atoms with Crippen molar-refractivity contribution >= 4 is 5.69 Å². The minimum absolute atomic E-state index is 0.0280. The Bertz CT molecular complexity index is 626. The third-order valence-electron chi connectivity index (χ3n) is 2.85. The van der Waals surface area contributed by atoms with Crippen LogP contribution in [0.1, 0.15) is 11.1 Å². The molecule has 0 bridgehead atoms. The van der Waals surface area contributed by atoms with Gasteiger partial charge in [-0.3, -0.25) is 0 Å². The van der Waals surface area contributed by atoms with Crippen LogP contribution in [-0.4, -0.2) is 0 Å². The van der Waals surface area contributed by atoms with E-state index in [-0.39, 0.29) is 6.61 Å². The summed E-state index contributed by atoms with van der Waals surface area (Å²) in [5.74, 6) is -0.611.